The Bertz CT molecular complexity index is 895. The van der Waals surface area contributed by atoms with E-state index in [1.54, 1.807) is 12.4 Å². The first-order chi connectivity index (χ1) is 13.7. The number of hydrogen-bond donors (Lipinski definition) is 1. The number of hydrogen-bond acceptors (Lipinski definition) is 6. The first kappa shape index (κ1) is 19.9. The maximum absolute atomic E-state index is 12.0. The van der Waals surface area contributed by atoms with Crippen molar-refractivity contribution in [2.24, 2.45) is 0 Å². The van der Waals surface area contributed by atoms with Gasteiger partial charge in [0.05, 0.1) is 18.1 Å². The molecule has 0 bridgehead atoms. The molecule has 0 spiro atoms. The van der Waals surface area contributed by atoms with Gasteiger partial charge in [-0.1, -0.05) is 6.07 Å². The average molecular weight is 398 g/mol. The zero-order valence-electron chi connectivity index (χ0n) is 16.0. The van der Waals surface area contributed by atoms with E-state index in [1.165, 1.54) is 11.8 Å². The van der Waals surface area contributed by atoms with Crippen LogP contribution in [0, 0.1) is 6.92 Å². The summed E-state index contributed by atoms with van der Waals surface area (Å²) in [6.45, 7) is 4.96. The summed E-state index contributed by atoms with van der Waals surface area (Å²) in [5.41, 5.74) is 2.74. The molecule has 2 aromatic heterocycles. The molecule has 7 heteroatoms. The van der Waals surface area contributed by atoms with Crippen LogP contribution in [-0.2, 0) is 17.1 Å². The van der Waals surface area contributed by atoms with Gasteiger partial charge in [0, 0.05) is 30.3 Å². The fourth-order valence-electron chi connectivity index (χ4n) is 2.54. The minimum Gasteiger partial charge on any atom is -0.494 e. The Morgan fingerprint density at radius 3 is 2.79 bits per heavy atom. The Morgan fingerprint density at radius 1 is 1.25 bits per heavy atom. The summed E-state index contributed by atoms with van der Waals surface area (Å²) in [4.78, 5) is 20.6. The Kier molecular flexibility index (Phi) is 7.08. The van der Waals surface area contributed by atoms with Crippen molar-refractivity contribution in [1.82, 2.24) is 15.3 Å². The lowest BCUT2D eigenvalue weighted by atomic mass is 10.2. The van der Waals surface area contributed by atoms with E-state index in [9.17, 15) is 4.79 Å². The highest BCUT2D eigenvalue weighted by atomic mass is 32.2. The second kappa shape index (κ2) is 9.94. The van der Waals surface area contributed by atoms with Crippen LogP contribution in [0.5, 0.6) is 5.75 Å². The fraction of sp³-hybridized carbons (Fsp3) is 0.286. The standard InChI is InChI=1S/C21H23N3O3S/c1-3-26-18-8-6-17(7-9-18)21-24-19(15(2)27-21)13-28-14-20(25)23-12-16-5-4-10-22-11-16/h4-11H,3,12-14H2,1-2H3,(H,23,25). The van der Waals surface area contributed by atoms with Crippen LogP contribution in [0.15, 0.2) is 53.2 Å². The molecular weight excluding hydrogens is 374 g/mol. The van der Waals surface area contributed by atoms with E-state index in [2.05, 4.69) is 15.3 Å². The maximum atomic E-state index is 12.0. The maximum Gasteiger partial charge on any atom is 0.230 e. The third-order valence-electron chi connectivity index (χ3n) is 3.99. The van der Waals surface area contributed by atoms with E-state index in [0.29, 0.717) is 30.5 Å². The van der Waals surface area contributed by atoms with E-state index in [0.717, 1.165) is 28.3 Å². The van der Waals surface area contributed by atoms with Gasteiger partial charge in [0.2, 0.25) is 11.8 Å². The molecule has 1 amide bonds. The topological polar surface area (TPSA) is 77.2 Å². The van der Waals surface area contributed by atoms with E-state index in [4.69, 9.17) is 9.15 Å². The Hall–Kier alpha value is -2.80. The second-order valence-corrected chi connectivity index (χ2v) is 7.10. The summed E-state index contributed by atoms with van der Waals surface area (Å²) in [7, 11) is 0. The lowest BCUT2D eigenvalue weighted by Gasteiger charge is -2.04. The van der Waals surface area contributed by atoms with Gasteiger partial charge in [-0.15, -0.1) is 11.8 Å². The second-order valence-electron chi connectivity index (χ2n) is 6.11. The number of amides is 1. The normalized spacial score (nSPS) is 10.6. The largest absolute Gasteiger partial charge is 0.494 e. The van der Waals surface area contributed by atoms with Crippen molar-refractivity contribution in [3.63, 3.8) is 0 Å². The predicted octanol–water partition coefficient (Wildman–Crippen LogP) is 3.99. The molecule has 3 aromatic rings. The molecule has 0 radical (unpaired) electrons. The van der Waals surface area contributed by atoms with Gasteiger partial charge in [-0.2, -0.15) is 0 Å². The van der Waals surface area contributed by atoms with Gasteiger partial charge in [0.1, 0.15) is 11.5 Å². The molecule has 146 valence electrons. The average Bonchev–Trinajstić information content (AvgIpc) is 3.09. The number of thioether (sulfide) groups is 1. The molecule has 0 saturated heterocycles. The molecule has 2 heterocycles. The van der Waals surface area contributed by atoms with Crippen molar-refractivity contribution in [2.75, 3.05) is 12.4 Å². The van der Waals surface area contributed by atoms with Crippen molar-refractivity contribution in [2.45, 2.75) is 26.1 Å². The van der Waals surface area contributed by atoms with E-state index >= 15 is 0 Å². The van der Waals surface area contributed by atoms with E-state index < -0.39 is 0 Å². The first-order valence-electron chi connectivity index (χ1n) is 9.08. The summed E-state index contributed by atoms with van der Waals surface area (Å²) in [5, 5.41) is 2.89. The van der Waals surface area contributed by atoms with Gasteiger partial charge in [-0.05, 0) is 49.7 Å². The fourth-order valence-corrected chi connectivity index (χ4v) is 3.39. The number of rotatable bonds is 9. The molecule has 0 aliphatic carbocycles. The number of aryl methyl sites for hydroxylation is 1. The number of ether oxygens (including phenoxy) is 1. The zero-order chi connectivity index (χ0) is 19.8. The summed E-state index contributed by atoms with van der Waals surface area (Å²) in [6, 6.07) is 11.4. The summed E-state index contributed by atoms with van der Waals surface area (Å²) >= 11 is 1.51. The minimum atomic E-state index is -0.0123. The van der Waals surface area contributed by atoms with E-state index in [-0.39, 0.29) is 5.91 Å². The SMILES string of the molecule is CCOc1ccc(-c2nc(CSCC(=O)NCc3cccnc3)c(C)o2)cc1. The molecule has 3 rings (SSSR count). The lowest BCUT2D eigenvalue weighted by Crippen LogP contribution is -2.24. The molecule has 28 heavy (non-hydrogen) atoms. The number of oxazole rings is 1. The first-order valence-corrected chi connectivity index (χ1v) is 10.2. The van der Waals surface area contributed by atoms with Crippen LogP contribution in [0.3, 0.4) is 0 Å². The van der Waals surface area contributed by atoms with Crippen LogP contribution < -0.4 is 10.1 Å². The molecule has 0 saturated carbocycles. The highest BCUT2D eigenvalue weighted by molar-refractivity contribution is 7.99. The number of pyridine rings is 1. The van der Waals surface area contributed by atoms with Crippen molar-refractivity contribution >= 4 is 17.7 Å². The number of carbonyl (C=O) groups excluding carboxylic acids is 1. The summed E-state index contributed by atoms with van der Waals surface area (Å²) in [6.07, 6.45) is 3.46. The molecule has 0 fully saturated rings. The minimum absolute atomic E-state index is 0.0123. The predicted molar refractivity (Wildman–Crippen MR) is 110 cm³/mol. The quantitative estimate of drug-likeness (QED) is 0.588. The lowest BCUT2D eigenvalue weighted by molar-refractivity contribution is -0.118. The molecule has 1 N–H and O–H groups in total. The van der Waals surface area contributed by atoms with Gasteiger partial charge in [0.15, 0.2) is 0 Å². The number of nitrogens with zero attached hydrogens (tertiary/aromatic N) is 2. The Balaban J connectivity index is 1.49. The third kappa shape index (κ3) is 5.60. The van der Waals surface area contributed by atoms with Crippen LogP contribution in [0.4, 0.5) is 0 Å². The number of benzene rings is 1. The van der Waals surface area contributed by atoms with Crippen molar-refractivity contribution in [3.05, 3.63) is 65.8 Å². The molecule has 0 aliphatic rings. The molecule has 0 unspecified atom stereocenters. The molecular formula is C21H23N3O3S. The molecule has 6 nitrogen and oxygen atoms in total. The monoisotopic (exact) mass is 397 g/mol. The van der Waals surface area contributed by atoms with Gasteiger partial charge in [-0.3, -0.25) is 9.78 Å². The zero-order valence-corrected chi connectivity index (χ0v) is 16.8. The van der Waals surface area contributed by atoms with Gasteiger partial charge < -0.3 is 14.5 Å². The van der Waals surface area contributed by atoms with Gasteiger partial charge in [-0.25, -0.2) is 4.98 Å². The van der Waals surface area contributed by atoms with Crippen molar-refractivity contribution in [1.29, 1.82) is 0 Å². The van der Waals surface area contributed by atoms with Crippen LogP contribution in [0.1, 0.15) is 23.9 Å². The smallest absolute Gasteiger partial charge is 0.230 e. The van der Waals surface area contributed by atoms with Crippen LogP contribution >= 0.6 is 11.8 Å². The highest BCUT2D eigenvalue weighted by Gasteiger charge is 2.12. The van der Waals surface area contributed by atoms with Crippen LogP contribution in [0.2, 0.25) is 0 Å². The van der Waals surface area contributed by atoms with Crippen molar-refractivity contribution in [3.8, 4) is 17.2 Å². The Labute approximate surface area is 168 Å². The number of nitrogens with one attached hydrogen (secondary N) is 1. The Morgan fingerprint density at radius 2 is 2.07 bits per heavy atom. The summed E-state index contributed by atoms with van der Waals surface area (Å²) in [5.74, 6) is 3.14. The molecule has 1 aromatic carbocycles. The van der Waals surface area contributed by atoms with Gasteiger partial charge >= 0.3 is 0 Å². The highest BCUT2D eigenvalue weighted by Crippen LogP contribution is 2.25. The third-order valence-corrected chi connectivity index (χ3v) is 4.93. The van der Waals surface area contributed by atoms with Crippen LogP contribution in [-0.4, -0.2) is 28.2 Å². The van der Waals surface area contributed by atoms with Gasteiger partial charge in [0.25, 0.3) is 0 Å². The van der Waals surface area contributed by atoms with E-state index in [1.807, 2.05) is 50.2 Å². The van der Waals surface area contributed by atoms with Crippen LogP contribution in [0.25, 0.3) is 11.5 Å². The van der Waals surface area contributed by atoms with Crippen molar-refractivity contribution < 1.29 is 13.9 Å². The molecule has 0 aliphatic heterocycles. The summed E-state index contributed by atoms with van der Waals surface area (Å²) < 4.78 is 11.2. The number of carbonyl (C=O) groups is 1. The molecule has 0 atom stereocenters. The number of aromatic nitrogens is 2.